The smallest absolute Gasteiger partial charge is 0.338 e. The lowest BCUT2D eigenvalue weighted by Crippen LogP contribution is -2.46. The number of phenols is 2. The minimum atomic E-state index is -0.793. The van der Waals surface area contributed by atoms with Gasteiger partial charge >= 0.3 is 17.9 Å². The number of hydrogen-bond acceptors (Lipinski definition) is 23. The molecule has 6 aliphatic carbocycles. The molecule has 3 unspecified atom stereocenters. The van der Waals surface area contributed by atoms with E-state index in [1.807, 2.05) is 85.7 Å². The number of benzene rings is 3. The Morgan fingerprint density at radius 1 is 0.438 bits per heavy atom. The van der Waals surface area contributed by atoms with Gasteiger partial charge in [0.25, 0.3) is 17.3 Å². The molecule has 6 saturated carbocycles. The average Bonchev–Trinajstić information content (AvgIpc) is 1.76. The number of phenolic OH excluding ortho intramolecular Hbond substituents is 2. The summed E-state index contributed by atoms with van der Waals surface area (Å²) < 4.78 is 36.4. The number of aryl methyl sites for hydroxylation is 11. The first-order valence-electron chi connectivity index (χ1n) is 44.3. The highest BCUT2D eigenvalue weighted by Gasteiger charge is 2.52. The molecule has 0 amide bonds. The minimum absolute atomic E-state index is 0.0676. The molecule has 3 atom stereocenters. The molecule has 9 heterocycles. The van der Waals surface area contributed by atoms with Gasteiger partial charge in [-0.1, -0.05) is 83.1 Å². The van der Waals surface area contributed by atoms with Crippen LogP contribution in [0, 0.1) is 82.5 Å². The van der Waals surface area contributed by atoms with E-state index in [1.54, 1.807) is 25.7 Å². The lowest BCUT2D eigenvalue weighted by Gasteiger charge is -2.42. The van der Waals surface area contributed by atoms with Crippen molar-refractivity contribution < 1.29 is 63.6 Å². The lowest BCUT2D eigenvalue weighted by molar-refractivity contribution is -0.168. The van der Waals surface area contributed by atoms with Gasteiger partial charge in [0.2, 0.25) is 0 Å². The molecule has 3 aromatic carbocycles. The summed E-state index contributed by atoms with van der Waals surface area (Å²) in [7, 11) is 0. The minimum Gasteiger partial charge on any atom is -0.512 e. The number of esters is 3. The van der Waals surface area contributed by atoms with Gasteiger partial charge in [-0.15, -0.1) is 15.3 Å². The fourth-order valence-electron chi connectivity index (χ4n) is 19.8. The third-order valence-corrected chi connectivity index (χ3v) is 27.5. The normalized spacial score (nSPS) is 22.1. The van der Waals surface area contributed by atoms with E-state index in [0.717, 1.165) is 164 Å². The first-order valence-corrected chi connectivity index (χ1v) is 44.3. The van der Waals surface area contributed by atoms with E-state index in [9.17, 15) is 45.2 Å². The van der Waals surface area contributed by atoms with Gasteiger partial charge in [-0.05, 0) is 263 Å². The molecule has 0 bridgehead atoms. The van der Waals surface area contributed by atoms with E-state index in [2.05, 4.69) is 75.5 Å². The molecule has 18 rings (SSSR count). The number of cyclic esters (lactones) is 3. The summed E-state index contributed by atoms with van der Waals surface area (Å²) in [5.41, 5.74) is 9.33. The van der Waals surface area contributed by atoms with Crippen LogP contribution < -0.4 is 9.47 Å². The molecule has 6 fully saturated rings. The van der Waals surface area contributed by atoms with E-state index >= 15 is 0 Å². The summed E-state index contributed by atoms with van der Waals surface area (Å²) in [6, 6.07) is 24.1. The Morgan fingerprint density at radius 3 is 1.09 bits per heavy atom. The zero-order valence-corrected chi connectivity index (χ0v) is 71.3. The molecular weight excluding hydrogens is 1530 g/mol. The van der Waals surface area contributed by atoms with Gasteiger partial charge in [-0.25, -0.2) is 42.9 Å². The Bertz CT molecular complexity index is 5570. The van der Waals surface area contributed by atoms with Crippen LogP contribution in [0.5, 0.6) is 23.0 Å². The number of aliphatic hydroxyl groups is 3. The Labute approximate surface area is 706 Å². The number of aliphatic hydroxyl groups excluding tert-OH is 3. The number of aromatic nitrogens is 12. The molecule has 6 aromatic heterocycles. The Balaban J connectivity index is 0.000000135. The van der Waals surface area contributed by atoms with Crippen molar-refractivity contribution in [3.63, 3.8) is 0 Å². The van der Waals surface area contributed by atoms with Crippen molar-refractivity contribution in [1.29, 1.82) is 5.26 Å². The molecule has 121 heavy (non-hydrogen) atoms. The van der Waals surface area contributed by atoms with Gasteiger partial charge in [0, 0.05) is 84.8 Å². The predicted octanol–water partition coefficient (Wildman–Crippen LogP) is 16.9. The second-order valence-electron chi connectivity index (χ2n) is 36.1. The number of carbonyl (C=O) groups excluding carboxylic acids is 3. The molecule has 0 radical (unpaired) electrons. The number of hydrogen-bond donors (Lipinski definition) is 5. The number of nitriles is 1. The highest BCUT2D eigenvalue weighted by molar-refractivity contribution is 5.92. The third kappa shape index (κ3) is 18.1. The van der Waals surface area contributed by atoms with Crippen LogP contribution in [0.15, 0.2) is 101 Å². The molecular formula is C95H115N13O13. The van der Waals surface area contributed by atoms with Crippen molar-refractivity contribution in [2.24, 2.45) is 29.6 Å². The Morgan fingerprint density at radius 2 is 0.785 bits per heavy atom. The quantitative estimate of drug-likeness (QED) is 0.0236. The van der Waals surface area contributed by atoms with E-state index in [-0.39, 0.29) is 101 Å². The first-order chi connectivity index (χ1) is 58.3. The van der Waals surface area contributed by atoms with Crippen molar-refractivity contribution in [3.8, 4) is 29.1 Å². The molecule has 3 aliphatic heterocycles. The molecule has 26 nitrogen and oxygen atoms in total. The van der Waals surface area contributed by atoms with Gasteiger partial charge in [-0.2, -0.15) is 20.2 Å². The topological polar surface area (TPSA) is 352 Å². The second-order valence-corrected chi connectivity index (χ2v) is 36.1. The summed E-state index contributed by atoms with van der Waals surface area (Å²) in [4.78, 5) is 67.3. The van der Waals surface area contributed by atoms with Crippen molar-refractivity contribution >= 4 is 35.2 Å². The maximum atomic E-state index is 13.6. The highest BCUT2D eigenvalue weighted by atomic mass is 16.6. The van der Waals surface area contributed by atoms with Gasteiger partial charge in [-0.3, -0.25) is 0 Å². The van der Waals surface area contributed by atoms with Gasteiger partial charge in [0.05, 0.1) is 41.4 Å². The summed E-state index contributed by atoms with van der Waals surface area (Å²) in [5.74, 6) is 5.14. The van der Waals surface area contributed by atoms with Crippen LogP contribution in [0.25, 0.3) is 17.3 Å². The van der Waals surface area contributed by atoms with Crippen LogP contribution in [-0.4, -0.2) is 132 Å². The summed E-state index contributed by atoms with van der Waals surface area (Å²) in [5, 5.41) is 78.1. The maximum Gasteiger partial charge on any atom is 0.338 e. The number of ether oxygens (including phenoxy) is 5. The van der Waals surface area contributed by atoms with Gasteiger partial charge in [0.15, 0.2) is 17.5 Å². The monoisotopic (exact) mass is 1650 g/mol. The number of fused-ring (bicyclic) bond motifs is 3. The Hall–Kier alpha value is -11.0. The van der Waals surface area contributed by atoms with Gasteiger partial charge < -0.3 is 49.2 Å². The van der Waals surface area contributed by atoms with E-state index in [4.69, 9.17) is 23.7 Å². The van der Waals surface area contributed by atoms with Crippen LogP contribution in [-0.2, 0) is 85.4 Å². The SMILES string of the molecule is CCc1cc(CCC2(C3CCCC3)CC(O)=C(Cc3nc4nc(C)cc(C)n4n3)C(=O)O2)c(OCC2CC2)cc1O.CCc1cc(CCC2(C3CCCC3)CC(O)=C(Cc3nc4nc(C)cc(C)n4n3)C(=O)O2)c(OCC2CCC2)cc1O.Cc1cc(C)n2nc(CC3=C(O)CC(CCc4ccc(C5(C#N)CC5)cc4)(C4CCCC4)OC3=O)nc2n1. The molecule has 638 valence electrons. The highest BCUT2D eigenvalue weighted by Crippen LogP contribution is 2.52. The fraction of sp³-hybridized carbons (Fsp3) is 0.547. The van der Waals surface area contributed by atoms with Crippen molar-refractivity contribution in [2.75, 3.05) is 13.2 Å². The summed E-state index contributed by atoms with van der Waals surface area (Å²) in [6.45, 7) is 16.9. The molecule has 0 spiro atoms. The fourth-order valence-corrected chi connectivity index (χ4v) is 19.8. The molecule has 0 saturated heterocycles. The molecule has 5 N–H and O–H groups in total. The van der Waals surface area contributed by atoms with E-state index in [0.29, 0.717) is 123 Å². The lowest BCUT2D eigenvalue weighted by atomic mass is 9.76. The van der Waals surface area contributed by atoms with Crippen molar-refractivity contribution in [2.45, 2.75) is 289 Å². The first kappa shape index (κ1) is 83.7. The number of rotatable bonds is 27. The average molecular weight is 1650 g/mol. The summed E-state index contributed by atoms with van der Waals surface area (Å²) >= 11 is 0. The van der Waals surface area contributed by atoms with Crippen LogP contribution >= 0.6 is 0 Å². The van der Waals surface area contributed by atoms with Crippen LogP contribution in [0.3, 0.4) is 0 Å². The number of carbonyl (C=O) groups is 3. The zero-order valence-electron chi connectivity index (χ0n) is 71.3. The molecule has 9 aromatic rings. The number of aromatic hydroxyl groups is 2. The van der Waals surface area contributed by atoms with Crippen LogP contribution in [0.1, 0.15) is 259 Å². The predicted molar refractivity (Wildman–Crippen MR) is 451 cm³/mol. The largest absolute Gasteiger partial charge is 0.512 e. The van der Waals surface area contributed by atoms with Gasteiger partial charge in [0.1, 0.15) is 57.1 Å². The van der Waals surface area contributed by atoms with Crippen LogP contribution in [0.4, 0.5) is 0 Å². The van der Waals surface area contributed by atoms with E-state index < -0.39 is 34.7 Å². The van der Waals surface area contributed by atoms with Crippen LogP contribution in [0.2, 0.25) is 0 Å². The number of nitrogens with zero attached hydrogens (tertiary/aromatic N) is 13. The maximum absolute atomic E-state index is 13.6. The standard InChI is InChI=1S/C33H42N4O5.C32H40N4O5.C30H33N5O3/c1-4-23-15-24(29(17-27(23)38)41-19-22-8-7-9-22)12-13-33(25-10-5-6-11-25)18-28(39)26(31(40)42-33)16-30-35-32-34-20(2)14-21(3)37(32)36-30;1-4-22-14-23(28(16-26(22)37)40-18-21-9-10-21)11-12-32(24-7-5-6-8-24)17-27(38)25(30(39)41-32)15-29-34-31-33-19(2)13-20(3)36(31)35-29;1-19-15-20(2)35-28(32-19)33-26(34-35)16-24-25(36)17-30(38-27(24)37,23-5-3-4-6-23)12-11-21-7-9-22(10-8-21)29(18-31)13-14-29/h14-15,17,22,25,38-39H,4-13,16,18-19H2,1-3H3;13-14,16,21,24,37-38H,4-12,15,17-18H2,1-3H3;7-10,15,23,36H,3-6,11-14,16-17H2,1-2H3. The molecule has 9 aliphatic rings. The summed E-state index contributed by atoms with van der Waals surface area (Å²) in [6.07, 6.45) is 26.7. The van der Waals surface area contributed by atoms with E-state index in [1.165, 1.54) is 32.1 Å². The Kier molecular flexibility index (Phi) is 24.1. The zero-order chi connectivity index (χ0) is 84.7. The van der Waals surface area contributed by atoms with Crippen molar-refractivity contribution in [1.82, 2.24) is 58.7 Å². The second kappa shape index (κ2) is 34.9. The molecule has 26 heteroatoms. The van der Waals surface area contributed by atoms with Crippen molar-refractivity contribution in [3.05, 3.63) is 186 Å². The third-order valence-electron chi connectivity index (χ3n) is 27.5.